The molecule has 1 heteroatoms. The van der Waals surface area contributed by atoms with Crippen LogP contribution in [0.15, 0.2) is 114 Å². The summed E-state index contributed by atoms with van der Waals surface area (Å²) in [6.45, 7) is 4.44. The van der Waals surface area contributed by atoms with Crippen LogP contribution < -0.4 is 0 Å². The molecule has 0 saturated heterocycles. The molecule has 1 nitrogen and oxygen atoms in total. The number of aliphatic imine (C=N–C) groups is 1. The topological polar surface area (TPSA) is 12.4 Å². The van der Waals surface area contributed by atoms with E-state index in [0.29, 0.717) is 0 Å². The van der Waals surface area contributed by atoms with Crippen LogP contribution in [0, 0.1) is 6.92 Å². The molecule has 170 valence electrons. The largest absolute Gasteiger partial charge is 0.288 e. The number of allylic oxidation sites excluding steroid dienone is 1. The van der Waals surface area contributed by atoms with E-state index in [0.717, 1.165) is 30.5 Å². The second-order valence-corrected chi connectivity index (χ2v) is 8.80. The van der Waals surface area contributed by atoms with Crippen LogP contribution in [0.25, 0.3) is 5.57 Å². The lowest BCUT2D eigenvalue weighted by molar-refractivity contribution is 0.904. The maximum absolute atomic E-state index is 4.63. The normalized spacial score (nSPS) is 12.1. The van der Waals surface area contributed by atoms with Crippen molar-refractivity contribution in [3.05, 3.63) is 148 Å². The molecule has 4 aromatic carbocycles. The van der Waals surface area contributed by atoms with E-state index in [-0.39, 0.29) is 0 Å². The summed E-state index contributed by atoms with van der Waals surface area (Å²) in [6.07, 6.45) is 5.46. The van der Waals surface area contributed by atoms with Gasteiger partial charge in [0.2, 0.25) is 0 Å². The molecule has 0 amide bonds. The highest BCUT2D eigenvalue weighted by molar-refractivity contribution is 6.13. The van der Waals surface area contributed by atoms with E-state index in [1.807, 2.05) is 13.1 Å². The van der Waals surface area contributed by atoms with Crippen molar-refractivity contribution in [3.8, 4) is 0 Å². The molecule has 4 aromatic rings. The van der Waals surface area contributed by atoms with Gasteiger partial charge in [-0.2, -0.15) is 0 Å². The molecule has 4 rings (SSSR count). The third-order valence-electron chi connectivity index (χ3n) is 6.16. The molecule has 0 aliphatic rings. The minimum atomic E-state index is 0.945. The minimum Gasteiger partial charge on any atom is -0.288 e. The molecule has 0 aliphatic carbocycles. The van der Waals surface area contributed by atoms with E-state index < -0.39 is 0 Å². The molecule has 0 aliphatic heterocycles. The highest BCUT2D eigenvalue weighted by Gasteiger charge is 2.11. The second kappa shape index (κ2) is 11.4. The first-order valence-corrected chi connectivity index (χ1v) is 12.1. The molecule has 0 aromatic heterocycles. The van der Waals surface area contributed by atoms with E-state index in [1.165, 1.54) is 39.0 Å². The quantitative estimate of drug-likeness (QED) is 0.244. The summed E-state index contributed by atoms with van der Waals surface area (Å²) in [5.74, 6) is 0. The van der Waals surface area contributed by atoms with Gasteiger partial charge < -0.3 is 0 Å². The minimum absolute atomic E-state index is 0.945. The highest BCUT2D eigenvalue weighted by atomic mass is 14.7. The number of hydrogen-bond acceptors (Lipinski definition) is 1. The van der Waals surface area contributed by atoms with E-state index in [2.05, 4.69) is 122 Å². The summed E-state index contributed by atoms with van der Waals surface area (Å²) < 4.78 is 0. The Morgan fingerprint density at radius 1 is 0.706 bits per heavy atom. The first-order chi connectivity index (χ1) is 16.7. The van der Waals surface area contributed by atoms with Gasteiger partial charge in [-0.05, 0) is 64.8 Å². The lowest BCUT2D eigenvalue weighted by Crippen LogP contribution is -2.01. The Kier molecular flexibility index (Phi) is 7.88. The van der Waals surface area contributed by atoms with Crippen molar-refractivity contribution in [1.29, 1.82) is 0 Å². The van der Waals surface area contributed by atoms with Crippen LogP contribution in [0.1, 0.15) is 52.3 Å². The van der Waals surface area contributed by atoms with Gasteiger partial charge in [-0.3, -0.25) is 4.99 Å². The van der Waals surface area contributed by atoms with Crippen molar-refractivity contribution in [2.45, 2.75) is 33.1 Å². The Hall–Kier alpha value is -3.71. The Morgan fingerprint density at radius 2 is 1.32 bits per heavy atom. The molecule has 0 N–H and O–H groups in total. The maximum Gasteiger partial charge on any atom is 0.0649 e. The van der Waals surface area contributed by atoms with Crippen LogP contribution >= 0.6 is 0 Å². The van der Waals surface area contributed by atoms with Gasteiger partial charge in [0.15, 0.2) is 0 Å². The fourth-order valence-electron chi connectivity index (χ4n) is 4.56. The SMILES string of the molecule is CCCc1ccccc1Cc1cc(C)cc(/C(=C\C(=NC)c2ccccc2)c2ccccc2)c1. The van der Waals surface area contributed by atoms with Gasteiger partial charge in [0.25, 0.3) is 0 Å². The maximum atomic E-state index is 4.63. The first kappa shape index (κ1) is 23.4. The standard InChI is InChI=1S/C33H33N/c1-4-13-27-14-11-12-19-30(27)22-26-20-25(2)21-31(23-26)32(28-15-7-5-8-16-28)24-33(34-3)29-17-9-6-10-18-29/h5-12,14-21,23-24H,4,13,22H2,1-3H3/b32-24-,34-33?. The van der Waals surface area contributed by atoms with E-state index >= 15 is 0 Å². The van der Waals surface area contributed by atoms with Crippen molar-refractivity contribution in [1.82, 2.24) is 0 Å². The van der Waals surface area contributed by atoms with Crippen molar-refractivity contribution in [3.63, 3.8) is 0 Å². The fraction of sp³-hybridized carbons (Fsp3) is 0.182. The zero-order valence-corrected chi connectivity index (χ0v) is 20.5. The summed E-state index contributed by atoms with van der Waals surface area (Å²) in [5.41, 5.74) is 11.2. The zero-order chi connectivity index (χ0) is 23.8. The number of rotatable bonds is 8. The molecule has 0 bridgehead atoms. The summed E-state index contributed by atoms with van der Waals surface area (Å²) in [4.78, 5) is 4.63. The van der Waals surface area contributed by atoms with Crippen LogP contribution in [0.2, 0.25) is 0 Å². The number of hydrogen-bond donors (Lipinski definition) is 0. The molecular weight excluding hydrogens is 410 g/mol. The Balaban J connectivity index is 1.79. The highest BCUT2D eigenvalue weighted by Crippen LogP contribution is 2.28. The van der Waals surface area contributed by atoms with Gasteiger partial charge in [-0.25, -0.2) is 0 Å². The van der Waals surface area contributed by atoms with E-state index in [1.54, 1.807) is 0 Å². The molecule has 34 heavy (non-hydrogen) atoms. The number of nitrogens with zero attached hydrogens (tertiary/aromatic N) is 1. The molecule has 0 saturated carbocycles. The average Bonchev–Trinajstić information content (AvgIpc) is 2.87. The van der Waals surface area contributed by atoms with Gasteiger partial charge in [0.1, 0.15) is 0 Å². The van der Waals surface area contributed by atoms with E-state index in [9.17, 15) is 0 Å². The van der Waals surface area contributed by atoms with Gasteiger partial charge in [0.05, 0.1) is 5.71 Å². The van der Waals surface area contributed by atoms with Gasteiger partial charge in [0, 0.05) is 7.05 Å². The Morgan fingerprint density at radius 3 is 1.97 bits per heavy atom. The smallest absolute Gasteiger partial charge is 0.0649 e. The predicted molar refractivity (Wildman–Crippen MR) is 147 cm³/mol. The summed E-state index contributed by atoms with van der Waals surface area (Å²) in [5, 5.41) is 0. The summed E-state index contributed by atoms with van der Waals surface area (Å²) >= 11 is 0. The monoisotopic (exact) mass is 443 g/mol. The zero-order valence-electron chi connectivity index (χ0n) is 20.5. The summed E-state index contributed by atoms with van der Waals surface area (Å²) in [7, 11) is 1.87. The Labute approximate surface area is 204 Å². The molecule has 0 radical (unpaired) electrons. The predicted octanol–water partition coefficient (Wildman–Crippen LogP) is 8.09. The van der Waals surface area contributed by atoms with Crippen molar-refractivity contribution in [2.24, 2.45) is 4.99 Å². The third-order valence-corrected chi connectivity index (χ3v) is 6.16. The lowest BCUT2D eigenvalue weighted by Gasteiger charge is -2.15. The van der Waals surface area contributed by atoms with E-state index in [4.69, 9.17) is 0 Å². The van der Waals surface area contributed by atoms with Crippen LogP contribution in [-0.4, -0.2) is 12.8 Å². The fourth-order valence-corrected chi connectivity index (χ4v) is 4.56. The third kappa shape index (κ3) is 5.80. The molecular formula is C33H33N. The number of benzene rings is 4. The molecule has 0 spiro atoms. The van der Waals surface area contributed by atoms with Crippen molar-refractivity contribution >= 4 is 11.3 Å². The van der Waals surface area contributed by atoms with Crippen LogP contribution in [0.3, 0.4) is 0 Å². The molecule has 0 unspecified atom stereocenters. The van der Waals surface area contributed by atoms with Gasteiger partial charge >= 0.3 is 0 Å². The molecule has 0 heterocycles. The molecule has 0 fully saturated rings. The lowest BCUT2D eigenvalue weighted by atomic mass is 9.90. The van der Waals surface area contributed by atoms with Crippen molar-refractivity contribution < 1.29 is 0 Å². The Bertz CT molecular complexity index is 1280. The van der Waals surface area contributed by atoms with Gasteiger partial charge in [-0.15, -0.1) is 0 Å². The summed E-state index contributed by atoms with van der Waals surface area (Å²) in [6, 6.07) is 36.9. The van der Waals surface area contributed by atoms with Crippen molar-refractivity contribution in [2.75, 3.05) is 7.05 Å². The second-order valence-electron chi connectivity index (χ2n) is 8.80. The first-order valence-electron chi connectivity index (χ1n) is 12.1. The van der Waals surface area contributed by atoms with Gasteiger partial charge in [-0.1, -0.05) is 122 Å². The van der Waals surface area contributed by atoms with Crippen LogP contribution in [-0.2, 0) is 12.8 Å². The molecule has 0 atom stereocenters. The average molecular weight is 444 g/mol. The number of aryl methyl sites for hydroxylation is 2. The van der Waals surface area contributed by atoms with Crippen LogP contribution in [0.5, 0.6) is 0 Å². The van der Waals surface area contributed by atoms with Crippen LogP contribution in [0.4, 0.5) is 0 Å².